The number of hydrogen-bond acceptors (Lipinski definition) is 3. The summed E-state index contributed by atoms with van der Waals surface area (Å²) in [6.45, 7) is 2.05. The Bertz CT molecular complexity index is 742. The molecular formula is C16H12BrN3. The van der Waals surface area contributed by atoms with Crippen molar-refractivity contribution in [1.82, 2.24) is 15.0 Å². The van der Waals surface area contributed by atoms with Crippen molar-refractivity contribution in [3.05, 3.63) is 64.9 Å². The summed E-state index contributed by atoms with van der Waals surface area (Å²) in [6, 6.07) is 16.0. The van der Waals surface area contributed by atoms with E-state index in [0.29, 0.717) is 11.6 Å². The van der Waals surface area contributed by atoms with E-state index in [1.165, 1.54) is 0 Å². The van der Waals surface area contributed by atoms with Crippen molar-refractivity contribution in [2.24, 2.45) is 0 Å². The van der Waals surface area contributed by atoms with Crippen molar-refractivity contribution >= 4 is 15.9 Å². The summed E-state index contributed by atoms with van der Waals surface area (Å²) in [5.74, 6) is 1.38. The van der Waals surface area contributed by atoms with Crippen LogP contribution >= 0.6 is 15.9 Å². The lowest BCUT2D eigenvalue weighted by Gasteiger charge is -2.05. The third-order valence-corrected chi connectivity index (χ3v) is 3.91. The minimum absolute atomic E-state index is 0.689. The topological polar surface area (TPSA) is 38.7 Å². The Hall–Kier alpha value is -2.07. The summed E-state index contributed by atoms with van der Waals surface area (Å²) in [5.41, 5.74) is 3.14. The molecular weight excluding hydrogens is 314 g/mol. The minimum atomic E-state index is 0.689. The van der Waals surface area contributed by atoms with Gasteiger partial charge in [-0.05, 0) is 24.6 Å². The van der Waals surface area contributed by atoms with Crippen LogP contribution in [0.1, 0.15) is 5.56 Å². The average molecular weight is 326 g/mol. The van der Waals surface area contributed by atoms with Crippen LogP contribution in [0.4, 0.5) is 0 Å². The van der Waals surface area contributed by atoms with E-state index < -0.39 is 0 Å². The molecule has 0 unspecified atom stereocenters. The molecule has 98 valence electrons. The van der Waals surface area contributed by atoms with Crippen molar-refractivity contribution in [3.63, 3.8) is 0 Å². The van der Waals surface area contributed by atoms with Crippen LogP contribution < -0.4 is 0 Å². The second-order valence-electron chi connectivity index (χ2n) is 4.46. The molecule has 1 aromatic heterocycles. The normalized spacial score (nSPS) is 10.5. The molecule has 0 atom stereocenters. The number of aromatic nitrogens is 3. The molecule has 0 radical (unpaired) electrons. The molecule has 0 amide bonds. The maximum absolute atomic E-state index is 4.55. The highest BCUT2D eigenvalue weighted by atomic mass is 79.9. The SMILES string of the molecule is Cc1cc(-c2ncnc(-c3ccccc3)n2)ccc1Br. The third kappa shape index (κ3) is 2.60. The first kappa shape index (κ1) is 12.9. The summed E-state index contributed by atoms with van der Waals surface area (Å²) in [5, 5.41) is 0. The van der Waals surface area contributed by atoms with Crippen LogP contribution in [0.15, 0.2) is 59.3 Å². The summed E-state index contributed by atoms with van der Waals surface area (Å²) in [4.78, 5) is 13.1. The molecule has 0 spiro atoms. The number of hydrogen-bond donors (Lipinski definition) is 0. The Labute approximate surface area is 125 Å². The van der Waals surface area contributed by atoms with Gasteiger partial charge in [0.15, 0.2) is 11.6 Å². The van der Waals surface area contributed by atoms with Crippen molar-refractivity contribution < 1.29 is 0 Å². The molecule has 0 N–H and O–H groups in total. The van der Waals surface area contributed by atoms with Crippen LogP contribution in [-0.4, -0.2) is 15.0 Å². The fourth-order valence-corrected chi connectivity index (χ4v) is 2.19. The molecule has 0 saturated carbocycles. The third-order valence-electron chi connectivity index (χ3n) is 3.02. The minimum Gasteiger partial charge on any atom is -0.217 e. The number of rotatable bonds is 2. The fraction of sp³-hybridized carbons (Fsp3) is 0.0625. The molecule has 2 aromatic carbocycles. The molecule has 0 bridgehead atoms. The Morgan fingerprint density at radius 2 is 1.55 bits per heavy atom. The molecule has 0 saturated heterocycles. The second-order valence-corrected chi connectivity index (χ2v) is 5.32. The molecule has 3 rings (SSSR count). The fourth-order valence-electron chi connectivity index (χ4n) is 1.95. The maximum atomic E-state index is 4.55. The van der Waals surface area contributed by atoms with E-state index in [2.05, 4.69) is 36.9 Å². The van der Waals surface area contributed by atoms with Crippen molar-refractivity contribution in [3.8, 4) is 22.8 Å². The Kier molecular flexibility index (Phi) is 3.56. The first-order chi connectivity index (χ1) is 9.74. The van der Waals surface area contributed by atoms with Crippen molar-refractivity contribution in [1.29, 1.82) is 0 Å². The quantitative estimate of drug-likeness (QED) is 0.706. The van der Waals surface area contributed by atoms with Gasteiger partial charge in [0.05, 0.1) is 0 Å². The summed E-state index contributed by atoms with van der Waals surface area (Å²) < 4.78 is 1.08. The van der Waals surface area contributed by atoms with Crippen LogP contribution in [0.25, 0.3) is 22.8 Å². The van der Waals surface area contributed by atoms with Gasteiger partial charge in [-0.25, -0.2) is 15.0 Å². The number of nitrogens with zero attached hydrogens (tertiary/aromatic N) is 3. The van der Waals surface area contributed by atoms with Gasteiger partial charge in [-0.3, -0.25) is 0 Å². The zero-order chi connectivity index (χ0) is 13.9. The van der Waals surface area contributed by atoms with Crippen LogP contribution in [0.2, 0.25) is 0 Å². The van der Waals surface area contributed by atoms with Crippen molar-refractivity contribution in [2.75, 3.05) is 0 Å². The van der Waals surface area contributed by atoms with E-state index in [1.807, 2.05) is 49.4 Å². The maximum Gasteiger partial charge on any atom is 0.163 e. The molecule has 0 aliphatic carbocycles. The van der Waals surface area contributed by atoms with Gasteiger partial charge >= 0.3 is 0 Å². The van der Waals surface area contributed by atoms with Gasteiger partial charge < -0.3 is 0 Å². The Morgan fingerprint density at radius 3 is 2.25 bits per heavy atom. The molecule has 1 heterocycles. The molecule has 0 aliphatic heterocycles. The van der Waals surface area contributed by atoms with E-state index in [0.717, 1.165) is 21.2 Å². The van der Waals surface area contributed by atoms with Crippen LogP contribution in [-0.2, 0) is 0 Å². The molecule has 3 aromatic rings. The lowest BCUT2D eigenvalue weighted by Crippen LogP contribution is -1.95. The van der Waals surface area contributed by atoms with Gasteiger partial charge in [-0.2, -0.15) is 0 Å². The zero-order valence-corrected chi connectivity index (χ0v) is 12.5. The number of halogens is 1. The highest BCUT2D eigenvalue weighted by Gasteiger charge is 2.06. The van der Waals surface area contributed by atoms with E-state index in [1.54, 1.807) is 6.33 Å². The predicted octanol–water partition coefficient (Wildman–Crippen LogP) is 4.28. The molecule has 20 heavy (non-hydrogen) atoms. The predicted molar refractivity (Wildman–Crippen MR) is 83.1 cm³/mol. The van der Waals surface area contributed by atoms with Gasteiger partial charge in [-0.15, -0.1) is 0 Å². The summed E-state index contributed by atoms with van der Waals surface area (Å²) in [7, 11) is 0. The lowest BCUT2D eigenvalue weighted by molar-refractivity contribution is 1.06. The summed E-state index contributed by atoms with van der Waals surface area (Å²) in [6.07, 6.45) is 1.56. The van der Waals surface area contributed by atoms with Gasteiger partial charge in [0, 0.05) is 15.6 Å². The van der Waals surface area contributed by atoms with Crippen molar-refractivity contribution in [2.45, 2.75) is 6.92 Å². The molecule has 0 aliphatic rings. The van der Waals surface area contributed by atoms with Gasteiger partial charge in [0.25, 0.3) is 0 Å². The highest BCUT2D eigenvalue weighted by Crippen LogP contribution is 2.23. The van der Waals surface area contributed by atoms with Gasteiger partial charge in [-0.1, -0.05) is 52.3 Å². The first-order valence-corrected chi connectivity index (χ1v) is 7.04. The Morgan fingerprint density at radius 1 is 0.850 bits per heavy atom. The second kappa shape index (κ2) is 5.51. The van der Waals surface area contributed by atoms with Gasteiger partial charge in [0.1, 0.15) is 6.33 Å². The zero-order valence-electron chi connectivity index (χ0n) is 10.9. The average Bonchev–Trinajstić information content (AvgIpc) is 2.51. The molecule has 4 heteroatoms. The van der Waals surface area contributed by atoms with Crippen LogP contribution in [0.5, 0.6) is 0 Å². The lowest BCUT2D eigenvalue weighted by atomic mass is 10.1. The number of benzene rings is 2. The number of aryl methyl sites for hydroxylation is 1. The summed E-state index contributed by atoms with van der Waals surface area (Å²) >= 11 is 3.50. The smallest absolute Gasteiger partial charge is 0.163 e. The van der Waals surface area contributed by atoms with E-state index in [9.17, 15) is 0 Å². The Balaban J connectivity index is 2.05. The molecule has 0 fully saturated rings. The van der Waals surface area contributed by atoms with E-state index >= 15 is 0 Å². The first-order valence-electron chi connectivity index (χ1n) is 6.25. The largest absolute Gasteiger partial charge is 0.217 e. The van der Waals surface area contributed by atoms with Crippen LogP contribution in [0, 0.1) is 6.92 Å². The van der Waals surface area contributed by atoms with Crippen LogP contribution in [0.3, 0.4) is 0 Å². The highest BCUT2D eigenvalue weighted by molar-refractivity contribution is 9.10. The molecule has 3 nitrogen and oxygen atoms in total. The standard InChI is InChI=1S/C16H12BrN3/c1-11-9-13(7-8-14(11)17)16-19-10-18-15(20-16)12-5-3-2-4-6-12/h2-10H,1H3. The van der Waals surface area contributed by atoms with E-state index in [-0.39, 0.29) is 0 Å². The van der Waals surface area contributed by atoms with E-state index in [4.69, 9.17) is 0 Å². The monoisotopic (exact) mass is 325 g/mol. The van der Waals surface area contributed by atoms with Gasteiger partial charge in [0.2, 0.25) is 0 Å².